The van der Waals surface area contributed by atoms with E-state index in [1.807, 2.05) is 4.90 Å². The number of likely N-dealkylation sites (tertiary alicyclic amines) is 2. The number of carbonyl (C=O) groups is 1. The van der Waals surface area contributed by atoms with Crippen LogP contribution in [0.1, 0.15) is 39.5 Å². The predicted octanol–water partition coefficient (Wildman–Crippen LogP) is 1.32. The summed E-state index contributed by atoms with van der Waals surface area (Å²) in [5.41, 5.74) is 0. The fourth-order valence-corrected chi connectivity index (χ4v) is 3.24. The van der Waals surface area contributed by atoms with Crippen molar-refractivity contribution >= 4 is 5.91 Å². The fourth-order valence-electron chi connectivity index (χ4n) is 3.24. The van der Waals surface area contributed by atoms with Crippen molar-refractivity contribution in [3.63, 3.8) is 0 Å². The van der Waals surface area contributed by atoms with E-state index in [2.05, 4.69) is 17.1 Å². The van der Waals surface area contributed by atoms with E-state index in [4.69, 9.17) is 0 Å². The molecule has 0 bridgehead atoms. The number of piperidine rings is 2. The molecule has 2 fully saturated rings. The number of amides is 1. The van der Waals surface area contributed by atoms with Gasteiger partial charge in [0.2, 0.25) is 5.91 Å². The second-order valence-electron chi connectivity index (χ2n) is 6.07. The molecule has 2 aliphatic rings. The van der Waals surface area contributed by atoms with Gasteiger partial charge in [-0.2, -0.15) is 0 Å². The van der Waals surface area contributed by atoms with E-state index in [1.165, 1.54) is 39.0 Å². The molecule has 110 valence electrons. The molecule has 19 heavy (non-hydrogen) atoms. The number of nitrogens with zero attached hydrogens (tertiary/aromatic N) is 2. The number of hydrogen-bond donors (Lipinski definition) is 1. The van der Waals surface area contributed by atoms with Crippen LogP contribution in [0, 0.1) is 5.92 Å². The largest absolute Gasteiger partial charge is 0.343 e. The number of rotatable bonds is 4. The molecule has 0 atom stereocenters. The van der Waals surface area contributed by atoms with Crippen LogP contribution in [0.4, 0.5) is 0 Å². The Morgan fingerprint density at radius 3 is 2.26 bits per heavy atom. The van der Waals surface area contributed by atoms with E-state index in [9.17, 15) is 4.79 Å². The van der Waals surface area contributed by atoms with Gasteiger partial charge >= 0.3 is 0 Å². The van der Waals surface area contributed by atoms with Gasteiger partial charge < -0.3 is 15.1 Å². The van der Waals surface area contributed by atoms with Gasteiger partial charge in [-0.25, -0.2) is 0 Å². The van der Waals surface area contributed by atoms with Crippen LogP contribution in [0.5, 0.6) is 0 Å². The van der Waals surface area contributed by atoms with Crippen molar-refractivity contribution in [1.82, 2.24) is 15.1 Å². The molecule has 4 nitrogen and oxygen atoms in total. The lowest BCUT2D eigenvalue weighted by Gasteiger charge is -2.35. The monoisotopic (exact) mass is 267 g/mol. The Labute approximate surface area is 117 Å². The molecule has 2 rings (SSSR count). The molecule has 0 unspecified atom stereocenters. The number of carbonyl (C=O) groups excluding carboxylic acids is 1. The Morgan fingerprint density at radius 1 is 1.11 bits per heavy atom. The van der Waals surface area contributed by atoms with Gasteiger partial charge in [-0.05, 0) is 57.8 Å². The first-order valence-electron chi connectivity index (χ1n) is 7.90. The SMILES string of the molecule is CCN1CCC(CNC2CCN(C(C)=O)CC2)CC1. The lowest BCUT2D eigenvalue weighted by atomic mass is 9.95. The Morgan fingerprint density at radius 2 is 1.74 bits per heavy atom. The molecule has 0 aromatic carbocycles. The Bertz CT molecular complexity index is 279. The molecule has 0 aromatic rings. The second kappa shape index (κ2) is 7.25. The van der Waals surface area contributed by atoms with Crippen LogP contribution in [-0.2, 0) is 4.79 Å². The molecule has 0 spiro atoms. The van der Waals surface area contributed by atoms with Crippen molar-refractivity contribution < 1.29 is 4.79 Å². The normalized spacial score (nSPS) is 23.8. The lowest BCUT2D eigenvalue weighted by Crippen LogP contribution is -2.46. The minimum atomic E-state index is 0.227. The highest BCUT2D eigenvalue weighted by Gasteiger charge is 2.22. The Kier molecular flexibility index (Phi) is 5.64. The highest BCUT2D eigenvalue weighted by molar-refractivity contribution is 5.73. The van der Waals surface area contributed by atoms with Gasteiger partial charge in [0.1, 0.15) is 0 Å². The summed E-state index contributed by atoms with van der Waals surface area (Å²) in [6.45, 7) is 10.7. The van der Waals surface area contributed by atoms with E-state index >= 15 is 0 Å². The summed E-state index contributed by atoms with van der Waals surface area (Å²) in [5, 5.41) is 3.73. The third kappa shape index (κ3) is 4.46. The molecular formula is C15H29N3O. The highest BCUT2D eigenvalue weighted by Crippen LogP contribution is 2.17. The molecule has 2 saturated heterocycles. The smallest absolute Gasteiger partial charge is 0.219 e. The lowest BCUT2D eigenvalue weighted by molar-refractivity contribution is -0.129. The van der Waals surface area contributed by atoms with Crippen molar-refractivity contribution in [1.29, 1.82) is 0 Å². The zero-order valence-electron chi connectivity index (χ0n) is 12.5. The molecule has 0 aliphatic carbocycles. The van der Waals surface area contributed by atoms with E-state index in [0.717, 1.165) is 31.8 Å². The maximum absolute atomic E-state index is 11.3. The van der Waals surface area contributed by atoms with Crippen molar-refractivity contribution in [2.45, 2.75) is 45.6 Å². The maximum atomic E-state index is 11.3. The summed E-state index contributed by atoms with van der Waals surface area (Å²) >= 11 is 0. The molecule has 4 heteroatoms. The van der Waals surface area contributed by atoms with Crippen molar-refractivity contribution in [3.8, 4) is 0 Å². The zero-order valence-corrected chi connectivity index (χ0v) is 12.5. The molecule has 1 amide bonds. The minimum Gasteiger partial charge on any atom is -0.343 e. The van der Waals surface area contributed by atoms with Crippen LogP contribution >= 0.6 is 0 Å². The van der Waals surface area contributed by atoms with Crippen LogP contribution in [0.15, 0.2) is 0 Å². The minimum absolute atomic E-state index is 0.227. The topological polar surface area (TPSA) is 35.6 Å². The first-order chi connectivity index (χ1) is 9.19. The predicted molar refractivity (Wildman–Crippen MR) is 78.1 cm³/mol. The summed E-state index contributed by atoms with van der Waals surface area (Å²) in [7, 11) is 0. The van der Waals surface area contributed by atoms with Gasteiger partial charge in [0, 0.05) is 26.1 Å². The molecule has 0 radical (unpaired) electrons. The van der Waals surface area contributed by atoms with E-state index < -0.39 is 0 Å². The van der Waals surface area contributed by atoms with Gasteiger partial charge in [0.25, 0.3) is 0 Å². The highest BCUT2D eigenvalue weighted by atomic mass is 16.2. The van der Waals surface area contributed by atoms with Crippen LogP contribution < -0.4 is 5.32 Å². The summed E-state index contributed by atoms with van der Waals surface area (Å²) in [6.07, 6.45) is 4.92. The summed E-state index contributed by atoms with van der Waals surface area (Å²) in [4.78, 5) is 15.8. The van der Waals surface area contributed by atoms with Crippen LogP contribution in [-0.4, -0.2) is 61.0 Å². The molecule has 2 aliphatic heterocycles. The van der Waals surface area contributed by atoms with Crippen molar-refractivity contribution in [3.05, 3.63) is 0 Å². The Hall–Kier alpha value is -0.610. The molecular weight excluding hydrogens is 238 g/mol. The summed E-state index contributed by atoms with van der Waals surface area (Å²) < 4.78 is 0. The maximum Gasteiger partial charge on any atom is 0.219 e. The number of nitrogens with one attached hydrogen (secondary N) is 1. The first kappa shape index (κ1) is 14.8. The standard InChI is InChI=1S/C15H29N3O/c1-3-17-8-4-14(5-9-17)12-16-15-6-10-18(11-7-15)13(2)19/h14-16H,3-12H2,1-2H3. The first-order valence-corrected chi connectivity index (χ1v) is 7.90. The Balaban J connectivity index is 1.61. The third-order valence-electron chi connectivity index (χ3n) is 4.79. The van der Waals surface area contributed by atoms with Crippen molar-refractivity contribution in [2.24, 2.45) is 5.92 Å². The average Bonchev–Trinajstić information content (AvgIpc) is 2.46. The molecule has 1 N–H and O–H groups in total. The zero-order chi connectivity index (χ0) is 13.7. The molecule has 0 aromatic heterocycles. The quantitative estimate of drug-likeness (QED) is 0.834. The van der Waals surface area contributed by atoms with Crippen LogP contribution in [0.25, 0.3) is 0 Å². The van der Waals surface area contributed by atoms with Gasteiger partial charge in [-0.3, -0.25) is 4.79 Å². The van der Waals surface area contributed by atoms with Crippen molar-refractivity contribution in [2.75, 3.05) is 39.3 Å². The third-order valence-corrected chi connectivity index (χ3v) is 4.79. The van der Waals surface area contributed by atoms with Gasteiger partial charge in [-0.1, -0.05) is 6.92 Å². The van der Waals surface area contributed by atoms with Gasteiger partial charge in [0.15, 0.2) is 0 Å². The van der Waals surface area contributed by atoms with Crippen LogP contribution in [0.2, 0.25) is 0 Å². The molecule has 2 heterocycles. The summed E-state index contributed by atoms with van der Waals surface area (Å²) in [5.74, 6) is 1.08. The van der Waals surface area contributed by atoms with E-state index in [0.29, 0.717) is 6.04 Å². The summed E-state index contributed by atoms with van der Waals surface area (Å²) in [6, 6.07) is 0.625. The number of hydrogen-bond acceptors (Lipinski definition) is 3. The van der Waals surface area contributed by atoms with Crippen LogP contribution in [0.3, 0.4) is 0 Å². The van der Waals surface area contributed by atoms with Gasteiger partial charge in [0.05, 0.1) is 0 Å². The van der Waals surface area contributed by atoms with E-state index in [-0.39, 0.29) is 5.91 Å². The fraction of sp³-hybridized carbons (Fsp3) is 0.933. The van der Waals surface area contributed by atoms with Gasteiger partial charge in [-0.15, -0.1) is 0 Å². The average molecular weight is 267 g/mol. The second-order valence-corrected chi connectivity index (χ2v) is 6.07. The van der Waals surface area contributed by atoms with E-state index in [1.54, 1.807) is 6.92 Å². The molecule has 0 saturated carbocycles.